The lowest BCUT2D eigenvalue weighted by Gasteiger charge is -2.27. The molecule has 0 radical (unpaired) electrons. The Morgan fingerprint density at radius 1 is 1.40 bits per heavy atom. The van der Waals surface area contributed by atoms with E-state index in [0.29, 0.717) is 13.0 Å². The van der Waals surface area contributed by atoms with Gasteiger partial charge in [-0.25, -0.2) is 0 Å². The summed E-state index contributed by atoms with van der Waals surface area (Å²) in [6.45, 7) is 2.17. The molecule has 1 aromatic carbocycles. The lowest BCUT2D eigenvalue weighted by Crippen LogP contribution is -2.35. The van der Waals surface area contributed by atoms with E-state index in [1.165, 1.54) is 0 Å². The third-order valence-electron chi connectivity index (χ3n) is 3.12. The third-order valence-corrected chi connectivity index (χ3v) is 3.88. The fraction of sp³-hybridized carbons (Fsp3) is 0.312. The Balaban J connectivity index is 2.13. The first kappa shape index (κ1) is 14.7. The van der Waals surface area contributed by atoms with E-state index < -0.39 is 0 Å². The molecule has 1 aromatic rings. The number of alkyl halides is 1. The molecule has 2 rings (SSSR count). The lowest BCUT2D eigenvalue weighted by atomic mass is 10.0. The van der Waals surface area contributed by atoms with Crippen LogP contribution in [0.25, 0.3) is 5.70 Å². The number of allylic oxidation sites excluding steroid dienone is 1. The number of hydrogen-bond acceptors (Lipinski definition) is 2. The Labute approximate surface area is 127 Å². The molecular formula is C16H16BrNO2. The van der Waals surface area contributed by atoms with Crippen LogP contribution in [0.15, 0.2) is 30.3 Å². The summed E-state index contributed by atoms with van der Waals surface area (Å²) < 4.78 is 5.47. The number of hydrogen-bond donors (Lipinski definition) is 0. The van der Waals surface area contributed by atoms with Gasteiger partial charge in [-0.15, -0.1) is 5.92 Å². The van der Waals surface area contributed by atoms with Gasteiger partial charge in [0.25, 0.3) is 0 Å². The highest BCUT2D eigenvalue weighted by Crippen LogP contribution is 2.28. The van der Waals surface area contributed by atoms with Gasteiger partial charge < -0.3 is 9.64 Å². The molecule has 0 aliphatic carbocycles. The average molecular weight is 334 g/mol. The number of rotatable bonds is 3. The van der Waals surface area contributed by atoms with Crippen LogP contribution < -0.4 is 4.74 Å². The highest BCUT2D eigenvalue weighted by Gasteiger charge is 2.26. The van der Waals surface area contributed by atoms with Crippen LogP contribution in [-0.4, -0.2) is 29.3 Å². The van der Waals surface area contributed by atoms with Crippen molar-refractivity contribution in [2.45, 2.75) is 18.2 Å². The minimum Gasteiger partial charge on any atom is -0.481 e. The van der Waals surface area contributed by atoms with E-state index in [-0.39, 0.29) is 10.7 Å². The summed E-state index contributed by atoms with van der Waals surface area (Å²) in [5, 5.41) is 0. The predicted octanol–water partition coefficient (Wildman–Crippen LogP) is 3.06. The predicted molar refractivity (Wildman–Crippen MR) is 83.5 cm³/mol. The summed E-state index contributed by atoms with van der Waals surface area (Å²) in [6, 6.07) is 7.70. The third kappa shape index (κ3) is 3.23. The summed E-state index contributed by atoms with van der Waals surface area (Å²) in [5.41, 5.74) is 1.94. The summed E-state index contributed by atoms with van der Waals surface area (Å²) in [5.74, 6) is 6.50. The van der Waals surface area contributed by atoms with Crippen LogP contribution in [0, 0.1) is 11.8 Å². The minimum atomic E-state index is -0.119. The van der Waals surface area contributed by atoms with E-state index in [1.807, 2.05) is 24.3 Å². The van der Waals surface area contributed by atoms with Gasteiger partial charge in [0, 0.05) is 12.7 Å². The van der Waals surface area contributed by atoms with Gasteiger partial charge in [-0.3, -0.25) is 4.79 Å². The van der Waals surface area contributed by atoms with Crippen molar-refractivity contribution in [3.8, 4) is 17.6 Å². The molecule has 0 fully saturated rings. The monoisotopic (exact) mass is 333 g/mol. The first-order chi connectivity index (χ1) is 9.63. The van der Waals surface area contributed by atoms with Crippen LogP contribution in [0.3, 0.4) is 0 Å². The van der Waals surface area contributed by atoms with Gasteiger partial charge in [-0.1, -0.05) is 27.9 Å². The molecule has 0 saturated carbocycles. The van der Waals surface area contributed by atoms with E-state index in [1.54, 1.807) is 18.9 Å². The molecule has 1 amide bonds. The SMILES string of the molecule is CC#CCOc1ccc(C2=CCC(Br)C(=O)N2C)cc1. The molecule has 1 unspecified atom stereocenters. The van der Waals surface area contributed by atoms with Crippen LogP contribution in [0.1, 0.15) is 18.9 Å². The maximum absolute atomic E-state index is 11.9. The molecule has 0 saturated heterocycles. The maximum atomic E-state index is 11.9. The lowest BCUT2D eigenvalue weighted by molar-refractivity contribution is -0.126. The molecule has 1 heterocycles. The van der Waals surface area contributed by atoms with Crippen molar-refractivity contribution in [3.63, 3.8) is 0 Å². The Morgan fingerprint density at radius 2 is 2.10 bits per heavy atom. The molecule has 0 spiro atoms. The molecule has 1 aliphatic rings. The van der Waals surface area contributed by atoms with Crippen LogP contribution in [-0.2, 0) is 4.79 Å². The number of halogens is 1. The minimum absolute atomic E-state index is 0.0843. The van der Waals surface area contributed by atoms with Crippen molar-refractivity contribution in [1.29, 1.82) is 0 Å². The first-order valence-electron chi connectivity index (χ1n) is 6.38. The van der Waals surface area contributed by atoms with Crippen molar-refractivity contribution in [1.82, 2.24) is 4.90 Å². The molecular weight excluding hydrogens is 318 g/mol. The molecule has 4 heteroatoms. The van der Waals surface area contributed by atoms with Gasteiger partial charge in [0.2, 0.25) is 5.91 Å². The van der Waals surface area contributed by atoms with Crippen molar-refractivity contribution >= 4 is 27.5 Å². The number of carbonyl (C=O) groups is 1. The molecule has 1 atom stereocenters. The molecule has 1 aliphatic heterocycles. The number of carbonyl (C=O) groups excluding carboxylic acids is 1. The van der Waals surface area contributed by atoms with Gasteiger partial charge in [0.15, 0.2) is 0 Å². The van der Waals surface area contributed by atoms with E-state index in [0.717, 1.165) is 17.0 Å². The second-order valence-electron chi connectivity index (χ2n) is 4.43. The van der Waals surface area contributed by atoms with Crippen LogP contribution in [0.5, 0.6) is 5.75 Å². The van der Waals surface area contributed by atoms with E-state index in [2.05, 4.69) is 33.8 Å². The van der Waals surface area contributed by atoms with E-state index >= 15 is 0 Å². The Morgan fingerprint density at radius 3 is 2.75 bits per heavy atom. The molecule has 0 aromatic heterocycles. The van der Waals surface area contributed by atoms with Gasteiger partial charge in [0.05, 0.1) is 4.83 Å². The molecule has 0 N–H and O–H groups in total. The number of benzene rings is 1. The summed E-state index contributed by atoms with van der Waals surface area (Å²) in [6.07, 6.45) is 2.78. The second kappa shape index (κ2) is 6.62. The smallest absolute Gasteiger partial charge is 0.240 e. The summed E-state index contributed by atoms with van der Waals surface area (Å²) in [7, 11) is 1.79. The van der Waals surface area contributed by atoms with Crippen molar-refractivity contribution in [2.24, 2.45) is 0 Å². The summed E-state index contributed by atoms with van der Waals surface area (Å²) >= 11 is 3.37. The van der Waals surface area contributed by atoms with Gasteiger partial charge in [-0.2, -0.15) is 0 Å². The fourth-order valence-electron chi connectivity index (χ4n) is 2.01. The highest BCUT2D eigenvalue weighted by molar-refractivity contribution is 9.10. The normalized spacial score (nSPS) is 18.1. The molecule has 20 heavy (non-hydrogen) atoms. The van der Waals surface area contributed by atoms with Gasteiger partial charge in [-0.05, 0) is 43.2 Å². The molecule has 104 valence electrons. The standard InChI is InChI=1S/C16H16BrNO2/c1-3-4-11-20-13-7-5-12(6-8-13)15-10-9-14(17)16(19)18(15)2/h5-8,10,14H,9,11H2,1-2H3. The Bertz CT molecular complexity index is 581. The molecule has 3 nitrogen and oxygen atoms in total. The zero-order valence-corrected chi connectivity index (χ0v) is 13.1. The van der Waals surface area contributed by atoms with E-state index in [9.17, 15) is 4.79 Å². The van der Waals surface area contributed by atoms with E-state index in [4.69, 9.17) is 4.74 Å². The Hall–Kier alpha value is -1.73. The number of nitrogens with zero attached hydrogens (tertiary/aromatic N) is 1. The Kier molecular flexibility index (Phi) is 4.86. The van der Waals surface area contributed by atoms with Crippen LogP contribution >= 0.6 is 15.9 Å². The largest absolute Gasteiger partial charge is 0.481 e. The zero-order valence-electron chi connectivity index (χ0n) is 11.5. The first-order valence-corrected chi connectivity index (χ1v) is 7.29. The van der Waals surface area contributed by atoms with Crippen LogP contribution in [0.4, 0.5) is 0 Å². The average Bonchev–Trinajstić information content (AvgIpc) is 2.46. The summed E-state index contributed by atoms with van der Waals surface area (Å²) in [4.78, 5) is 13.5. The maximum Gasteiger partial charge on any atom is 0.240 e. The van der Waals surface area contributed by atoms with Crippen LogP contribution in [0.2, 0.25) is 0 Å². The number of ether oxygens (including phenoxy) is 1. The zero-order chi connectivity index (χ0) is 14.5. The topological polar surface area (TPSA) is 29.5 Å². The van der Waals surface area contributed by atoms with Gasteiger partial charge >= 0.3 is 0 Å². The molecule has 0 bridgehead atoms. The second-order valence-corrected chi connectivity index (χ2v) is 5.54. The fourth-order valence-corrected chi connectivity index (χ4v) is 2.50. The van der Waals surface area contributed by atoms with Gasteiger partial charge in [0.1, 0.15) is 12.4 Å². The number of amides is 1. The van der Waals surface area contributed by atoms with Crippen molar-refractivity contribution in [2.75, 3.05) is 13.7 Å². The quantitative estimate of drug-likeness (QED) is 0.628. The highest BCUT2D eigenvalue weighted by atomic mass is 79.9. The van der Waals surface area contributed by atoms with Crippen molar-refractivity contribution in [3.05, 3.63) is 35.9 Å². The van der Waals surface area contributed by atoms with Crippen molar-refractivity contribution < 1.29 is 9.53 Å².